The van der Waals surface area contributed by atoms with Gasteiger partial charge in [-0.25, -0.2) is 0 Å². The van der Waals surface area contributed by atoms with Crippen molar-refractivity contribution in [1.29, 1.82) is 0 Å². The molecule has 1 aromatic carbocycles. The monoisotopic (exact) mass is 369 g/mol. The van der Waals surface area contributed by atoms with Crippen LogP contribution in [0.4, 0.5) is 0 Å². The van der Waals surface area contributed by atoms with Crippen molar-refractivity contribution in [3.63, 3.8) is 0 Å². The van der Waals surface area contributed by atoms with Crippen LogP contribution in [0.1, 0.15) is 23.8 Å². The van der Waals surface area contributed by atoms with Gasteiger partial charge < -0.3 is 14.8 Å². The average Bonchev–Trinajstić information content (AvgIpc) is 2.91. The molecule has 0 radical (unpaired) electrons. The van der Waals surface area contributed by atoms with Crippen molar-refractivity contribution in [3.8, 4) is 11.5 Å². The third-order valence-electron chi connectivity index (χ3n) is 3.01. The number of halogens is 1. The summed E-state index contributed by atoms with van der Waals surface area (Å²) in [5.41, 5.74) is 1.12. The Morgan fingerprint density at radius 2 is 2.10 bits per heavy atom. The standard InChI is InChI=1S/C16H20BrNO2S/c1-3-9-18-10-12-5-4-6-14(19-2)16(12)20-11-13-7-8-15(17)21-13/h4-8,18H,3,9-11H2,1-2H3. The van der Waals surface area contributed by atoms with Crippen molar-refractivity contribution in [2.75, 3.05) is 13.7 Å². The van der Waals surface area contributed by atoms with Gasteiger partial charge in [-0.05, 0) is 47.1 Å². The van der Waals surface area contributed by atoms with Gasteiger partial charge in [0.15, 0.2) is 11.5 Å². The van der Waals surface area contributed by atoms with E-state index in [1.54, 1.807) is 18.4 Å². The van der Waals surface area contributed by atoms with Gasteiger partial charge in [0, 0.05) is 17.0 Å². The van der Waals surface area contributed by atoms with Crippen LogP contribution in [0, 0.1) is 0 Å². The Bertz CT molecular complexity index is 571. The second kappa shape index (κ2) is 8.41. The number of rotatable bonds is 8. The van der Waals surface area contributed by atoms with Crippen LogP contribution in [0.5, 0.6) is 11.5 Å². The number of thiophene rings is 1. The highest BCUT2D eigenvalue weighted by Crippen LogP contribution is 2.32. The quantitative estimate of drug-likeness (QED) is 0.689. The van der Waals surface area contributed by atoms with Crippen LogP contribution in [0.3, 0.4) is 0 Å². The molecule has 0 amide bonds. The lowest BCUT2D eigenvalue weighted by molar-refractivity contribution is 0.283. The fourth-order valence-electron chi connectivity index (χ4n) is 2.00. The maximum atomic E-state index is 6.01. The fourth-order valence-corrected chi connectivity index (χ4v) is 3.39. The van der Waals surface area contributed by atoms with Crippen molar-refractivity contribution < 1.29 is 9.47 Å². The van der Waals surface area contributed by atoms with E-state index in [9.17, 15) is 0 Å². The topological polar surface area (TPSA) is 30.5 Å². The maximum Gasteiger partial charge on any atom is 0.166 e. The smallest absolute Gasteiger partial charge is 0.166 e. The lowest BCUT2D eigenvalue weighted by atomic mass is 10.2. The fraction of sp³-hybridized carbons (Fsp3) is 0.375. The third kappa shape index (κ3) is 4.73. The first-order chi connectivity index (χ1) is 10.2. The Morgan fingerprint density at radius 1 is 1.24 bits per heavy atom. The summed E-state index contributed by atoms with van der Waals surface area (Å²) in [5, 5.41) is 3.40. The molecule has 1 aromatic heterocycles. The van der Waals surface area contributed by atoms with Crippen LogP contribution >= 0.6 is 27.3 Å². The Morgan fingerprint density at radius 3 is 2.76 bits per heavy atom. The zero-order valence-corrected chi connectivity index (χ0v) is 14.7. The summed E-state index contributed by atoms with van der Waals surface area (Å²) >= 11 is 5.15. The lowest BCUT2D eigenvalue weighted by Crippen LogP contribution is -2.15. The molecule has 3 nitrogen and oxygen atoms in total. The highest BCUT2D eigenvalue weighted by atomic mass is 79.9. The molecule has 2 aromatic rings. The van der Waals surface area contributed by atoms with Crippen molar-refractivity contribution in [3.05, 3.63) is 44.6 Å². The van der Waals surface area contributed by atoms with Gasteiger partial charge in [0.2, 0.25) is 0 Å². The molecule has 0 saturated heterocycles. The van der Waals surface area contributed by atoms with Crippen molar-refractivity contribution in [2.45, 2.75) is 26.5 Å². The molecule has 0 aliphatic rings. The van der Waals surface area contributed by atoms with E-state index < -0.39 is 0 Å². The van der Waals surface area contributed by atoms with E-state index in [1.807, 2.05) is 18.2 Å². The molecule has 0 atom stereocenters. The van der Waals surface area contributed by atoms with Gasteiger partial charge in [-0.15, -0.1) is 11.3 Å². The minimum Gasteiger partial charge on any atom is -0.493 e. The van der Waals surface area contributed by atoms with E-state index in [-0.39, 0.29) is 0 Å². The molecule has 0 unspecified atom stereocenters. The number of methoxy groups -OCH3 is 1. The lowest BCUT2D eigenvalue weighted by Gasteiger charge is -2.15. The van der Waals surface area contributed by atoms with Crippen LogP contribution in [-0.2, 0) is 13.2 Å². The molecule has 0 saturated carbocycles. The van der Waals surface area contributed by atoms with Crippen molar-refractivity contribution in [2.24, 2.45) is 0 Å². The van der Waals surface area contributed by atoms with Crippen molar-refractivity contribution in [1.82, 2.24) is 5.32 Å². The first-order valence-electron chi connectivity index (χ1n) is 6.98. The molecule has 0 aliphatic carbocycles. The predicted octanol–water partition coefficient (Wildman–Crippen LogP) is 4.60. The first-order valence-corrected chi connectivity index (χ1v) is 8.59. The molecular weight excluding hydrogens is 350 g/mol. The van der Waals surface area contributed by atoms with Gasteiger partial charge >= 0.3 is 0 Å². The molecule has 114 valence electrons. The maximum absolute atomic E-state index is 6.01. The highest BCUT2D eigenvalue weighted by molar-refractivity contribution is 9.11. The van der Waals surface area contributed by atoms with Crippen LogP contribution in [0.2, 0.25) is 0 Å². The summed E-state index contributed by atoms with van der Waals surface area (Å²) in [6, 6.07) is 10.1. The van der Waals surface area contributed by atoms with Crippen LogP contribution < -0.4 is 14.8 Å². The van der Waals surface area contributed by atoms with E-state index in [4.69, 9.17) is 9.47 Å². The van der Waals surface area contributed by atoms with Gasteiger partial charge in [0.25, 0.3) is 0 Å². The molecule has 5 heteroatoms. The number of hydrogen-bond acceptors (Lipinski definition) is 4. The Labute approximate surface area is 138 Å². The molecule has 1 heterocycles. The summed E-state index contributed by atoms with van der Waals surface area (Å²) in [7, 11) is 1.67. The Kier molecular flexibility index (Phi) is 6.54. The SMILES string of the molecule is CCCNCc1cccc(OC)c1OCc1ccc(Br)s1. The van der Waals surface area contributed by atoms with E-state index in [0.29, 0.717) is 6.61 Å². The second-order valence-corrected chi connectivity index (χ2v) is 7.17. The van der Waals surface area contributed by atoms with E-state index in [0.717, 1.165) is 40.4 Å². The summed E-state index contributed by atoms with van der Waals surface area (Å²) in [6.07, 6.45) is 1.11. The zero-order chi connectivity index (χ0) is 15.1. The molecule has 2 rings (SSSR count). The first kappa shape index (κ1) is 16.3. The van der Waals surface area contributed by atoms with Gasteiger partial charge in [-0.2, -0.15) is 0 Å². The summed E-state index contributed by atoms with van der Waals surface area (Å²) in [6.45, 7) is 4.49. The number of nitrogens with one attached hydrogen (secondary N) is 1. The van der Waals surface area contributed by atoms with Gasteiger partial charge in [0.1, 0.15) is 6.61 Å². The zero-order valence-electron chi connectivity index (χ0n) is 12.3. The molecule has 0 spiro atoms. The van der Waals surface area contributed by atoms with Crippen LogP contribution in [-0.4, -0.2) is 13.7 Å². The van der Waals surface area contributed by atoms with E-state index >= 15 is 0 Å². The molecule has 0 bridgehead atoms. The Hall–Kier alpha value is -1.04. The van der Waals surface area contributed by atoms with Crippen LogP contribution in [0.25, 0.3) is 0 Å². The largest absolute Gasteiger partial charge is 0.493 e. The number of para-hydroxylation sites is 1. The van der Waals surface area contributed by atoms with E-state index in [2.05, 4.69) is 40.3 Å². The molecular formula is C16H20BrNO2S. The Balaban J connectivity index is 2.10. The number of ether oxygens (including phenoxy) is 2. The van der Waals surface area contributed by atoms with Gasteiger partial charge in [0.05, 0.1) is 10.9 Å². The summed E-state index contributed by atoms with van der Waals surface area (Å²) < 4.78 is 12.6. The molecule has 0 fully saturated rings. The third-order valence-corrected chi connectivity index (χ3v) is 4.61. The minimum atomic E-state index is 0.553. The predicted molar refractivity (Wildman–Crippen MR) is 91.3 cm³/mol. The van der Waals surface area contributed by atoms with Gasteiger partial charge in [-0.1, -0.05) is 19.1 Å². The number of benzene rings is 1. The number of hydrogen-bond donors (Lipinski definition) is 1. The summed E-state index contributed by atoms with van der Waals surface area (Å²) in [4.78, 5) is 1.18. The molecule has 21 heavy (non-hydrogen) atoms. The van der Waals surface area contributed by atoms with Crippen LogP contribution in [0.15, 0.2) is 34.1 Å². The normalized spacial score (nSPS) is 10.6. The molecule has 0 aliphatic heterocycles. The van der Waals surface area contributed by atoms with E-state index in [1.165, 1.54) is 4.88 Å². The second-order valence-electron chi connectivity index (χ2n) is 4.62. The molecule has 1 N–H and O–H groups in total. The average molecular weight is 370 g/mol. The highest BCUT2D eigenvalue weighted by Gasteiger charge is 2.11. The van der Waals surface area contributed by atoms with Gasteiger partial charge in [-0.3, -0.25) is 0 Å². The van der Waals surface area contributed by atoms with Crippen molar-refractivity contribution >= 4 is 27.3 Å². The summed E-state index contributed by atoms with van der Waals surface area (Å²) in [5.74, 6) is 1.61. The minimum absolute atomic E-state index is 0.553.